The van der Waals surface area contributed by atoms with Crippen LogP contribution in [0.4, 0.5) is 10.5 Å². The van der Waals surface area contributed by atoms with Gasteiger partial charge in [0.1, 0.15) is 24.2 Å². The van der Waals surface area contributed by atoms with E-state index in [1.165, 1.54) is 0 Å². The minimum Gasteiger partial charge on any atom is -0.491 e. The molecule has 0 saturated carbocycles. The normalized spacial score (nSPS) is 12.4. The SMILES string of the molecule is CSc1ccc(NC(=O)O[C@@H](c2ccccc2OCCO)[C@H](CCO)Oc2ccccc2)cc1. The van der Waals surface area contributed by atoms with E-state index >= 15 is 0 Å². The summed E-state index contributed by atoms with van der Waals surface area (Å²) in [6.45, 7) is -0.246. The Kier molecular flexibility index (Phi) is 10.1. The molecular weight excluding hydrogens is 454 g/mol. The summed E-state index contributed by atoms with van der Waals surface area (Å²) in [4.78, 5) is 14.0. The average Bonchev–Trinajstić information content (AvgIpc) is 2.87. The third-order valence-corrected chi connectivity index (χ3v) is 5.67. The molecule has 1 amide bonds. The van der Waals surface area contributed by atoms with E-state index in [0.717, 1.165) is 4.90 Å². The number of thioether (sulfide) groups is 1. The molecule has 0 fully saturated rings. The van der Waals surface area contributed by atoms with Crippen LogP contribution in [-0.2, 0) is 4.74 Å². The van der Waals surface area contributed by atoms with Crippen molar-refractivity contribution in [3.8, 4) is 11.5 Å². The van der Waals surface area contributed by atoms with E-state index in [1.54, 1.807) is 60.3 Å². The van der Waals surface area contributed by atoms with Crippen molar-refractivity contribution in [3.63, 3.8) is 0 Å². The lowest BCUT2D eigenvalue weighted by atomic mass is 10.0. The Labute approximate surface area is 203 Å². The fourth-order valence-electron chi connectivity index (χ4n) is 3.35. The van der Waals surface area contributed by atoms with E-state index < -0.39 is 18.3 Å². The summed E-state index contributed by atoms with van der Waals surface area (Å²) in [5.74, 6) is 1.04. The molecule has 0 spiro atoms. The van der Waals surface area contributed by atoms with Crippen molar-refractivity contribution < 1.29 is 29.2 Å². The second kappa shape index (κ2) is 13.5. The van der Waals surface area contributed by atoms with Crippen LogP contribution in [0.25, 0.3) is 0 Å². The molecule has 0 aliphatic heterocycles. The lowest BCUT2D eigenvalue weighted by Crippen LogP contribution is -2.32. The highest BCUT2D eigenvalue weighted by atomic mass is 32.2. The average molecular weight is 484 g/mol. The summed E-state index contributed by atoms with van der Waals surface area (Å²) >= 11 is 1.61. The van der Waals surface area contributed by atoms with Crippen LogP contribution in [0.3, 0.4) is 0 Å². The largest absolute Gasteiger partial charge is 0.491 e. The summed E-state index contributed by atoms with van der Waals surface area (Å²) < 4.78 is 17.7. The van der Waals surface area contributed by atoms with Crippen molar-refractivity contribution in [2.45, 2.75) is 23.5 Å². The predicted octanol–water partition coefficient (Wildman–Crippen LogP) is 4.90. The molecule has 0 saturated heterocycles. The molecule has 34 heavy (non-hydrogen) atoms. The highest BCUT2D eigenvalue weighted by molar-refractivity contribution is 7.98. The zero-order chi connectivity index (χ0) is 24.2. The number of rotatable bonds is 12. The smallest absolute Gasteiger partial charge is 0.412 e. The first-order valence-corrected chi connectivity index (χ1v) is 12.1. The molecule has 0 unspecified atom stereocenters. The van der Waals surface area contributed by atoms with Crippen LogP contribution in [-0.4, -0.2) is 48.5 Å². The highest BCUT2D eigenvalue weighted by Gasteiger charge is 2.31. The molecule has 0 radical (unpaired) electrons. The molecule has 3 aromatic rings. The number of aliphatic hydroxyl groups excluding tert-OH is 2. The minimum absolute atomic E-state index is 0.0852. The third-order valence-electron chi connectivity index (χ3n) is 4.93. The standard InChI is InChI=1S/C26H29NO6S/c1-34-21-13-11-19(12-14-21)27-26(30)33-25(22-9-5-6-10-23(22)31-18-17-29)24(15-16-28)32-20-7-3-2-4-8-20/h2-14,24-25,28-29H,15-18H2,1H3,(H,27,30)/t24-,25-/m0/s1. The maximum absolute atomic E-state index is 12.9. The summed E-state index contributed by atoms with van der Waals surface area (Å²) in [5, 5.41) is 21.7. The zero-order valence-corrected chi connectivity index (χ0v) is 19.7. The summed E-state index contributed by atoms with van der Waals surface area (Å²) in [6.07, 6.45) is -0.0722. The number of nitrogens with one attached hydrogen (secondary N) is 1. The predicted molar refractivity (Wildman–Crippen MR) is 133 cm³/mol. The van der Waals surface area contributed by atoms with Gasteiger partial charge in [0.15, 0.2) is 6.10 Å². The van der Waals surface area contributed by atoms with Crippen LogP contribution in [0.15, 0.2) is 83.8 Å². The molecule has 2 atom stereocenters. The highest BCUT2D eigenvalue weighted by Crippen LogP contribution is 2.34. The van der Waals surface area contributed by atoms with Crippen molar-refractivity contribution in [2.24, 2.45) is 0 Å². The number of benzene rings is 3. The number of anilines is 1. The fourth-order valence-corrected chi connectivity index (χ4v) is 3.76. The van der Waals surface area contributed by atoms with Gasteiger partial charge in [-0.15, -0.1) is 11.8 Å². The Morgan fingerprint density at radius 3 is 2.32 bits per heavy atom. The zero-order valence-electron chi connectivity index (χ0n) is 18.9. The van der Waals surface area contributed by atoms with Crippen molar-refractivity contribution in [2.75, 3.05) is 31.4 Å². The summed E-state index contributed by atoms with van der Waals surface area (Å²) in [6, 6.07) is 23.6. The van der Waals surface area contributed by atoms with Crippen LogP contribution >= 0.6 is 11.8 Å². The van der Waals surface area contributed by atoms with Gasteiger partial charge in [-0.3, -0.25) is 5.32 Å². The second-order valence-electron chi connectivity index (χ2n) is 7.27. The number of carbonyl (C=O) groups excluding carboxylic acids is 1. The van der Waals surface area contributed by atoms with E-state index in [4.69, 9.17) is 14.2 Å². The van der Waals surface area contributed by atoms with Gasteiger partial charge in [0.25, 0.3) is 0 Å². The van der Waals surface area contributed by atoms with Crippen molar-refractivity contribution >= 4 is 23.5 Å². The molecule has 0 bridgehead atoms. The number of carbonyl (C=O) groups is 1. The van der Waals surface area contributed by atoms with Gasteiger partial charge in [-0.2, -0.15) is 0 Å². The Morgan fingerprint density at radius 2 is 1.65 bits per heavy atom. The van der Waals surface area contributed by atoms with E-state index in [9.17, 15) is 15.0 Å². The maximum atomic E-state index is 12.9. The number of aliphatic hydroxyl groups is 2. The number of amides is 1. The number of hydrogen-bond donors (Lipinski definition) is 3. The van der Waals surface area contributed by atoms with Gasteiger partial charge in [-0.1, -0.05) is 36.4 Å². The first-order chi connectivity index (χ1) is 16.6. The molecule has 7 nitrogen and oxygen atoms in total. The van der Waals surface area contributed by atoms with E-state index in [0.29, 0.717) is 22.7 Å². The van der Waals surface area contributed by atoms with Crippen LogP contribution in [0, 0.1) is 0 Å². The molecule has 0 aliphatic carbocycles. The third kappa shape index (κ3) is 7.41. The van der Waals surface area contributed by atoms with Crippen LogP contribution < -0.4 is 14.8 Å². The number of hydrogen-bond acceptors (Lipinski definition) is 7. The maximum Gasteiger partial charge on any atom is 0.412 e. The molecule has 8 heteroatoms. The second-order valence-corrected chi connectivity index (χ2v) is 8.15. The molecular formula is C26H29NO6S. The monoisotopic (exact) mass is 483 g/mol. The topological polar surface area (TPSA) is 97.3 Å². The van der Waals surface area contributed by atoms with Crippen molar-refractivity contribution in [1.82, 2.24) is 0 Å². The van der Waals surface area contributed by atoms with Gasteiger partial charge in [0.2, 0.25) is 0 Å². The van der Waals surface area contributed by atoms with Gasteiger partial charge < -0.3 is 24.4 Å². The van der Waals surface area contributed by atoms with Crippen LogP contribution in [0.1, 0.15) is 18.1 Å². The minimum atomic E-state index is -0.896. The molecule has 3 rings (SSSR count). The van der Waals surface area contributed by atoms with Gasteiger partial charge >= 0.3 is 6.09 Å². The molecule has 0 heterocycles. The lowest BCUT2D eigenvalue weighted by molar-refractivity contribution is 0.00751. The molecule has 0 aliphatic rings. The molecule has 0 aromatic heterocycles. The quantitative estimate of drug-likeness (QED) is 0.315. The Bertz CT molecular complexity index is 1020. The van der Waals surface area contributed by atoms with Gasteiger partial charge in [-0.25, -0.2) is 4.79 Å². The van der Waals surface area contributed by atoms with E-state index in [2.05, 4.69) is 5.32 Å². The van der Waals surface area contributed by atoms with Gasteiger partial charge in [0.05, 0.1) is 6.61 Å². The Hall–Kier alpha value is -3.20. The van der Waals surface area contributed by atoms with E-state index in [-0.39, 0.29) is 26.2 Å². The molecule has 3 aromatic carbocycles. The number of ether oxygens (including phenoxy) is 3. The Morgan fingerprint density at radius 1 is 0.941 bits per heavy atom. The molecule has 3 N–H and O–H groups in total. The lowest BCUT2D eigenvalue weighted by Gasteiger charge is -2.29. The van der Waals surface area contributed by atoms with Gasteiger partial charge in [-0.05, 0) is 48.7 Å². The molecule has 180 valence electrons. The first kappa shape index (κ1) is 25.4. The van der Waals surface area contributed by atoms with Crippen molar-refractivity contribution in [3.05, 3.63) is 84.4 Å². The van der Waals surface area contributed by atoms with Gasteiger partial charge in [0, 0.05) is 29.2 Å². The fraction of sp³-hybridized carbons (Fsp3) is 0.269. The Balaban J connectivity index is 1.89. The summed E-state index contributed by atoms with van der Waals surface area (Å²) in [7, 11) is 0. The first-order valence-electron chi connectivity index (χ1n) is 10.9. The summed E-state index contributed by atoms with van der Waals surface area (Å²) in [5.41, 5.74) is 1.16. The van der Waals surface area contributed by atoms with Crippen LogP contribution in [0.2, 0.25) is 0 Å². The van der Waals surface area contributed by atoms with E-state index in [1.807, 2.05) is 36.6 Å². The number of para-hydroxylation sites is 2. The van der Waals surface area contributed by atoms with Crippen molar-refractivity contribution in [1.29, 1.82) is 0 Å². The van der Waals surface area contributed by atoms with Crippen LogP contribution in [0.5, 0.6) is 11.5 Å².